The Bertz CT molecular complexity index is 662. The van der Waals surface area contributed by atoms with E-state index in [1.165, 1.54) is 0 Å². The van der Waals surface area contributed by atoms with Crippen LogP contribution >= 0.6 is 11.6 Å². The molecule has 0 unspecified atom stereocenters. The molecule has 3 aromatic rings. The maximum atomic E-state index is 5.77. The minimum Gasteiger partial charge on any atom is -0.461 e. The van der Waals surface area contributed by atoms with Crippen LogP contribution in [0.25, 0.3) is 11.6 Å². The minimum absolute atomic E-state index is 0.564. The zero-order chi connectivity index (χ0) is 13.8. The number of aromatic amines is 1. The molecule has 2 N–H and O–H groups in total. The van der Waals surface area contributed by atoms with Crippen molar-refractivity contribution in [3.05, 3.63) is 47.6 Å². The Kier molecular flexibility index (Phi) is 3.64. The summed E-state index contributed by atoms with van der Waals surface area (Å²) in [4.78, 5) is 8.51. The summed E-state index contributed by atoms with van der Waals surface area (Å²) in [7, 11) is 0. The van der Waals surface area contributed by atoms with Crippen molar-refractivity contribution < 1.29 is 4.42 Å². The second-order valence-electron chi connectivity index (χ2n) is 4.12. The van der Waals surface area contributed by atoms with E-state index in [2.05, 4.69) is 25.5 Å². The van der Waals surface area contributed by atoms with Crippen molar-refractivity contribution in [1.82, 2.24) is 20.2 Å². The van der Waals surface area contributed by atoms with E-state index in [0.29, 0.717) is 29.6 Å². The normalized spacial score (nSPS) is 10.7. The highest BCUT2D eigenvalue weighted by Crippen LogP contribution is 2.14. The van der Waals surface area contributed by atoms with Gasteiger partial charge in [0.1, 0.15) is 11.6 Å². The zero-order valence-corrected chi connectivity index (χ0v) is 11.3. The number of furan rings is 1. The smallest absolute Gasteiger partial charge is 0.216 e. The first-order valence-electron chi connectivity index (χ1n) is 6.12. The molecule has 0 aromatic carbocycles. The average molecular weight is 290 g/mol. The molecule has 0 aliphatic rings. The van der Waals surface area contributed by atoms with Gasteiger partial charge in [0, 0.05) is 19.2 Å². The van der Waals surface area contributed by atoms with E-state index in [1.54, 1.807) is 24.6 Å². The lowest BCUT2D eigenvalue weighted by Gasteiger charge is -2.03. The monoisotopic (exact) mass is 289 g/mol. The fourth-order valence-corrected chi connectivity index (χ4v) is 1.82. The van der Waals surface area contributed by atoms with Crippen molar-refractivity contribution in [3.8, 4) is 11.6 Å². The Balaban J connectivity index is 1.55. The predicted molar refractivity (Wildman–Crippen MR) is 75.5 cm³/mol. The van der Waals surface area contributed by atoms with E-state index in [1.807, 2.05) is 12.1 Å². The molecule has 102 valence electrons. The van der Waals surface area contributed by atoms with Gasteiger partial charge in [-0.15, -0.1) is 0 Å². The molecule has 0 amide bonds. The SMILES string of the molecule is Clc1ccc(NCCc2nc(-c3ccco3)n[nH]2)nc1. The lowest BCUT2D eigenvalue weighted by atomic mass is 10.4. The number of nitrogens with zero attached hydrogens (tertiary/aromatic N) is 3. The molecule has 3 aromatic heterocycles. The molecule has 0 saturated heterocycles. The number of hydrogen-bond donors (Lipinski definition) is 2. The van der Waals surface area contributed by atoms with Gasteiger partial charge in [0.15, 0.2) is 5.76 Å². The van der Waals surface area contributed by atoms with Crippen LogP contribution in [0.5, 0.6) is 0 Å². The molecule has 0 saturated carbocycles. The molecule has 0 aliphatic carbocycles. The van der Waals surface area contributed by atoms with Gasteiger partial charge in [0.2, 0.25) is 5.82 Å². The molecule has 0 aliphatic heterocycles. The highest BCUT2D eigenvalue weighted by atomic mass is 35.5. The first-order valence-corrected chi connectivity index (χ1v) is 6.49. The minimum atomic E-state index is 0.564. The van der Waals surface area contributed by atoms with E-state index in [0.717, 1.165) is 11.6 Å². The third-order valence-corrected chi connectivity index (χ3v) is 2.89. The lowest BCUT2D eigenvalue weighted by molar-refractivity contribution is 0.577. The van der Waals surface area contributed by atoms with Gasteiger partial charge < -0.3 is 9.73 Å². The molecule has 3 rings (SSSR count). The van der Waals surface area contributed by atoms with Gasteiger partial charge in [0.25, 0.3) is 0 Å². The van der Waals surface area contributed by atoms with Gasteiger partial charge in [0.05, 0.1) is 11.3 Å². The van der Waals surface area contributed by atoms with Crippen molar-refractivity contribution in [2.75, 3.05) is 11.9 Å². The summed E-state index contributed by atoms with van der Waals surface area (Å²) in [6.07, 6.45) is 3.91. The molecular weight excluding hydrogens is 278 g/mol. The number of pyridine rings is 1. The van der Waals surface area contributed by atoms with Crippen molar-refractivity contribution in [1.29, 1.82) is 0 Å². The van der Waals surface area contributed by atoms with Crippen molar-refractivity contribution >= 4 is 17.4 Å². The average Bonchev–Trinajstić information content (AvgIpc) is 3.11. The van der Waals surface area contributed by atoms with Crippen molar-refractivity contribution in [2.24, 2.45) is 0 Å². The summed E-state index contributed by atoms with van der Waals surface area (Å²) in [5.41, 5.74) is 0. The Morgan fingerprint density at radius 1 is 1.30 bits per heavy atom. The summed E-state index contributed by atoms with van der Waals surface area (Å²) in [5, 5.41) is 10.8. The highest BCUT2D eigenvalue weighted by Gasteiger charge is 2.07. The summed E-state index contributed by atoms with van der Waals surface area (Å²) in [6, 6.07) is 7.25. The molecule has 20 heavy (non-hydrogen) atoms. The number of anilines is 1. The maximum Gasteiger partial charge on any atom is 0.216 e. The largest absolute Gasteiger partial charge is 0.461 e. The summed E-state index contributed by atoms with van der Waals surface area (Å²) < 4.78 is 5.23. The van der Waals surface area contributed by atoms with Crippen LogP contribution in [0.1, 0.15) is 5.82 Å². The molecule has 7 heteroatoms. The van der Waals surface area contributed by atoms with Crippen LogP contribution in [0.15, 0.2) is 41.1 Å². The highest BCUT2D eigenvalue weighted by molar-refractivity contribution is 6.30. The van der Waals surface area contributed by atoms with Gasteiger partial charge in [-0.25, -0.2) is 9.97 Å². The van der Waals surface area contributed by atoms with Gasteiger partial charge in [-0.1, -0.05) is 11.6 Å². The Morgan fingerprint density at radius 2 is 2.25 bits per heavy atom. The van der Waals surface area contributed by atoms with Crippen molar-refractivity contribution in [2.45, 2.75) is 6.42 Å². The van der Waals surface area contributed by atoms with E-state index in [-0.39, 0.29) is 0 Å². The molecule has 6 nitrogen and oxygen atoms in total. The summed E-state index contributed by atoms with van der Waals surface area (Å²) >= 11 is 5.77. The Labute approximate surface area is 120 Å². The van der Waals surface area contributed by atoms with Crippen LogP contribution in [0, 0.1) is 0 Å². The maximum absolute atomic E-state index is 5.77. The van der Waals surface area contributed by atoms with Gasteiger partial charge in [-0.2, -0.15) is 5.10 Å². The third-order valence-electron chi connectivity index (χ3n) is 2.67. The second kappa shape index (κ2) is 5.75. The number of H-pyrrole nitrogens is 1. The molecular formula is C13H12ClN5O. The Hall–Kier alpha value is -2.34. The van der Waals surface area contributed by atoms with Crippen LogP contribution < -0.4 is 5.32 Å². The molecule has 0 fully saturated rings. The molecule has 0 atom stereocenters. The number of hydrogen-bond acceptors (Lipinski definition) is 5. The van der Waals surface area contributed by atoms with Crippen LogP contribution in [0.2, 0.25) is 5.02 Å². The van der Waals surface area contributed by atoms with Gasteiger partial charge in [-0.3, -0.25) is 5.10 Å². The van der Waals surface area contributed by atoms with E-state index < -0.39 is 0 Å². The van der Waals surface area contributed by atoms with Gasteiger partial charge >= 0.3 is 0 Å². The third kappa shape index (κ3) is 2.97. The molecule has 0 bridgehead atoms. The van der Waals surface area contributed by atoms with Crippen LogP contribution in [-0.4, -0.2) is 26.7 Å². The van der Waals surface area contributed by atoms with Crippen LogP contribution in [0.4, 0.5) is 5.82 Å². The Morgan fingerprint density at radius 3 is 3.00 bits per heavy atom. The van der Waals surface area contributed by atoms with Crippen LogP contribution in [0.3, 0.4) is 0 Å². The first kappa shape index (κ1) is 12.7. The number of aromatic nitrogens is 4. The van der Waals surface area contributed by atoms with Gasteiger partial charge in [-0.05, 0) is 24.3 Å². The predicted octanol–water partition coefficient (Wildman–Crippen LogP) is 2.77. The first-order chi connectivity index (χ1) is 9.81. The number of nitrogens with one attached hydrogen (secondary N) is 2. The number of rotatable bonds is 5. The lowest BCUT2D eigenvalue weighted by Crippen LogP contribution is -2.07. The van der Waals surface area contributed by atoms with E-state index >= 15 is 0 Å². The van der Waals surface area contributed by atoms with Crippen molar-refractivity contribution in [3.63, 3.8) is 0 Å². The summed E-state index contributed by atoms with van der Waals surface area (Å²) in [6.45, 7) is 0.696. The second-order valence-corrected chi connectivity index (χ2v) is 4.56. The van der Waals surface area contributed by atoms with Crippen LogP contribution in [-0.2, 0) is 6.42 Å². The quantitative estimate of drug-likeness (QED) is 0.755. The molecule has 3 heterocycles. The fraction of sp³-hybridized carbons (Fsp3) is 0.154. The zero-order valence-electron chi connectivity index (χ0n) is 10.5. The number of halogens is 1. The standard InChI is InChI=1S/C13H12ClN5O/c14-9-3-4-11(16-8-9)15-6-5-12-17-13(19-18-12)10-2-1-7-20-10/h1-4,7-8H,5-6H2,(H,15,16)(H,17,18,19). The fourth-order valence-electron chi connectivity index (χ4n) is 1.71. The molecule has 0 spiro atoms. The molecule has 0 radical (unpaired) electrons. The van der Waals surface area contributed by atoms with E-state index in [4.69, 9.17) is 16.0 Å². The topological polar surface area (TPSA) is 79.6 Å². The summed E-state index contributed by atoms with van der Waals surface area (Å²) in [5.74, 6) is 2.78. The van der Waals surface area contributed by atoms with E-state index in [9.17, 15) is 0 Å².